The summed E-state index contributed by atoms with van der Waals surface area (Å²) >= 11 is 0. The van der Waals surface area contributed by atoms with E-state index in [9.17, 15) is 0 Å². The maximum absolute atomic E-state index is 8.56. The number of carbonyl (C=O) groups is 3. The summed E-state index contributed by atoms with van der Waals surface area (Å²) in [5, 5.41) is 41.8. The van der Waals surface area contributed by atoms with Gasteiger partial charge in [0.2, 0.25) is 0 Å². The van der Waals surface area contributed by atoms with Gasteiger partial charge in [-0.3, -0.25) is 0 Å². The summed E-state index contributed by atoms with van der Waals surface area (Å²) in [7, 11) is 0. The number of hydrogen-bond donors (Lipinski definition) is 6. The van der Waals surface area contributed by atoms with Crippen LogP contribution in [-0.4, -0.2) is 200 Å². The molecule has 0 unspecified atom stereocenters. The van der Waals surface area contributed by atoms with E-state index in [1.807, 2.05) is 0 Å². The van der Waals surface area contributed by atoms with Crippen LogP contribution >= 0.6 is 0 Å². The van der Waals surface area contributed by atoms with Crippen molar-refractivity contribution >= 4 is 169 Å². The van der Waals surface area contributed by atoms with Crippen molar-refractivity contribution in [3.8, 4) is 0 Å². The summed E-state index contributed by atoms with van der Waals surface area (Å²) in [5.74, 6) is 0. The third-order valence-corrected chi connectivity index (χ3v) is 0. The maximum atomic E-state index is 8.56. The topological polar surface area (TPSA) is 173 Å². The largest absolute Gasteiger partial charge is 2.00 e. The molecular weight excluding hydrogens is 340 g/mol. The first-order valence-corrected chi connectivity index (χ1v) is 1.95. The minimum absolute atomic E-state index is 0. The third kappa shape index (κ3) is 521. The Bertz CT molecular complexity index is 142. The second kappa shape index (κ2) is 36.1. The van der Waals surface area contributed by atoms with Gasteiger partial charge < -0.3 is 42.1 Å². The van der Waals surface area contributed by atoms with Crippen LogP contribution in [0.5, 0.6) is 0 Å². The van der Waals surface area contributed by atoms with Crippen LogP contribution in [0.3, 0.4) is 0 Å². The summed E-state index contributed by atoms with van der Waals surface area (Å²) in [5.41, 5.74) is 0. The minimum atomic E-state index is -1.83. The van der Waals surface area contributed by atoms with E-state index in [1.54, 1.807) is 0 Å². The molecule has 0 amide bonds. The number of hydrogen-bond acceptors (Lipinski definition) is 3. The summed E-state index contributed by atoms with van der Waals surface area (Å²) in [6, 6.07) is 0. The van der Waals surface area contributed by atoms with E-state index in [2.05, 4.69) is 0 Å². The molecule has 0 spiro atoms. The van der Waals surface area contributed by atoms with Crippen molar-refractivity contribution in [2.75, 3.05) is 0 Å². The summed E-state index contributed by atoms with van der Waals surface area (Å²) in [6.45, 7) is 0. The van der Waals surface area contributed by atoms with Crippen molar-refractivity contribution in [2.45, 2.75) is 0 Å². The fourth-order valence-electron chi connectivity index (χ4n) is 0. The molecular formula is C3H14Ca4O9. The van der Waals surface area contributed by atoms with Gasteiger partial charge in [-0.25, -0.2) is 14.4 Å². The molecule has 88 valence electrons. The Hall–Kier alpha value is 2.85. The van der Waals surface area contributed by atoms with Crippen LogP contribution in [-0.2, 0) is 0 Å². The Balaban J connectivity index is -0.00000000312. The van der Waals surface area contributed by atoms with Crippen molar-refractivity contribution in [1.82, 2.24) is 0 Å². The fourth-order valence-corrected chi connectivity index (χ4v) is 0. The summed E-state index contributed by atoms with van der Waals surface area (Å²) in [6.07, 6.45) is -5.50. The van der Waals surface area contributed by atoms with E-state index < -0.39 is 18.5 Å². The second-order valence-corrected chi connectivity index (χ2v) is 0.848. The standard InChI is InChI=1S/3CH2O3.4Ca.8H/c3*2-1(3)4;;;;;;;;;;;;/h3*(H2,2,3,4);;;;;;;;;;;;/q;;;4*+2;8*-1. The molecule has 0 aromatic heterocycles. The molecule has 0 radical (unpaired) electrons. The molecule has 9 nitrogen and oxygen atoms in total. The smallest absolute Gasteiger partial charge is 1.00 e. The molecule has 0 aliphatic heterocycles. The molecule has 0 saturated carbocycles. The summed E-state index contributed by atoms with van der Waals surface area (Å²) in [4.78, 5) is 25.7. The van der Waals surface area contributed by atoms with Crippen LogP contribution < -0.4 is 0 Å². The van der Waals surface area contributed by atoms with Gasteiger partial charge in [0.05, 0.1) is 0 Å². The minimum Gasteiger partial charge on any atom is -1.00 e. The van der Waals surface area contributed by atoms with Gasteiger partial charge in [-0.1, -0.05) is 0 Å². The first-order valence-electron chi connectivity index (χ1n) is 1.95. The van der Waals surface area contributed by atoms with Gasteiger partial charge in [0.1, 0.15) is 0 Å². The second-order valence-electron chi connectivity index (χ2n) is 0.848. The number of rotatable bonds is 0. The maximum Gasteiger partial charge on any atom is 2.00 e. The van der Waals surface area contributed by atoms with Gasteiger partial charge in [-0.15, -0.1) is 0 Å². The van der Waals surface area contributed by atoms with Crippen molar-refractivity contribution in [2.24, 2.45) is 0 Å². The zero-order valence-corrected chi connectivity index (χ0v) is 17.1. The zero-order valence-electron chi connectivity index (χ0n) is 16.2. The van der Waals surface area contributed by atoms with E-state index in [1.165, 1.54) is 0 Å². The molecule has 0 aromatic carbocycles. The van der Waals surface area contributed by atoms with Gasteiger partial charge in [-0.2, -0.15) is 0 Å². The average Bonchev–Trinajstić information content (AvgIpc) is 1.54. The first kappa shape index (κ1) is 42.8. The van der Waals surface area contributed by atoms with Gasteiger partial charge in [0.25, 0.3) is 0 Å². The van der Waals surface area contributed by atoms with Gasteiger partial charge in [0, 0.05) is 0 Å². The molecule has 0 aromatic rings. The van der Waals surface area contributed by atoms with Gasteiger partial charge >= 0.3 is 169 Å². The zero-order chi connectivity index (χ0) is 10.7. The predicted octanol–water partition coefficient (Wildman–Crippen LogP) is 0.0440. The van der Waals surface area contributed by atoms with E-state index >= 15 is 0 Å². The van der Waals surface area contributed by atoms with E-state index in [0.717, 1.165) is 0 Å². The molecule has 0 rings (SSSR count). The number of carboxylic acid groups (broad SMARTS) is 6. The van der Waals surface area contributed by atoms with Crippen LogP contribution in [0, 0.1) is 0 Å². The molecule has 16 heavy (non-hydrogen) atoms. The first-order chi connectivity index (χ1) is 5.20. The van der Waals surface area contributed by atoms with Crippen molar-refractivity contribution in [1.29, 1.82) is 0 Å². The van der Waals surface area contributed by atoms with E-state index in [-0.39, 0.29) is 162 Å². The van der Waals surface area contributed by atoms with Gasteiger partial charge in [0.15, 0.2) is 0 Å². The average molecular weight is 354 g/mol. The van der Waals surface area contributed by atoms with Crippen molar-refractivity contribution < 1.29 is 56.4 Å². The Kier molecular flexibility index (Phi) is 96.5. The van der Waals surface area contributed by atoms with Crippen LogP contribution in [0.4, 0.5) is 14.4 Å². The third-order valence-electron chi connectivity index (χ3n) is 0. The van der Waals surface area contributed by atoms with Crippen LogP contribution in [0.2, 0.25) is 0 Å². The fraction of sp³-hybridized carbons (Fsp3) is 0. The Morgan fingerprint density at radius 3 is 0.500 bits per heavy atom. The van der Waals surface area contributed by atoms with Gasteiger partial charge in [-0.05, 0) is 0 Å². The van der Waals surface area contributed by atoms with Crippen molar-refractivity contribution in [3.63, 3.8) is 0 Å². The molecule has 13 heteroatoms. The molecule has 0 heterocycles. The van der Waals surface area contributed by atoms with Crippen LogP contribution in [0.25, 0.3) is 0 Å². The Labute approximate surface area is 221 Å². The molecule has 6 N–H and O–H groups in total. The normalized spacial score (nSPS) is 4.50. The summed E-state index contributed by atoms with van der Waals surface area (Å²) < 4.78 is 0. The van der Waals surface area contributed by atoms with Crippen molar-refractivity contribution in [3.05, 3.63) is 0 Å². The molecule has 0 aliphatic rings. The monoisotopic (exact) mass is 354 g/mol. The SMILES string of the molecule is O=C(O)O.O=C(O)O.O=C(O)O.[Ca+2].[Ca+2].[Ca+2].[Ca+2].[H-].[H-].[H-].[H-].[H-].[H-].[H-].[H-]. The quantitative estimate of drug-likeness (QED) is 0.328. The predicted molar refractivity (Wildman–Crippen MR) is 63.9 cm³/mol. The molecule has 0 aliphatic carbocycles. The van der Waals surface area contributed by atoms with E-state index in [4.69, 9.17) is 45.0 Å². The molecule has 0 saturated heterocycles. The molecule has 0 atom stereocenters. The van der Waals surface area contributed by atoms with E-state index in [0.29, 0.717) is 0 Å². The molecule has 0 bridgehead atoms. The Morgan fingerprint density at radius 1 is 0.500 bits per heavy atom. The van der Waals surface area contributed by atoms with Crippen LogP contribution in [0.1, 0.15) is 11.4 Å². The van der Waals surface area contributed by atoms with Crippen LogP contribution in [0.15, 0.2) is 0 Å². The molecule has 0 fully saturated rings. The Morgan fingerprint density at radius 2 is 0.500 bits per heavy atom.